The molecule has 16 heteroatoms. The Bertz CT molecular complexity index is 2700. The van der Waals surface area contributed by atoms with Crippen LogP contribution in [0.2, 0.25) is 0 Å². The Balaban J connectivity index is 1.34. The van der Waals surface area contributed by atoms with E-state index < -0.39 is 39.6 Å². The Hall–Kier alpha value is -7.14. The lowest BCUT2D eigenvalue weighted by atomic mass is 9.55. The molecule has 0 spiro atoms. The SMILES string of the molecule is C=CCOC12Oc3ccc(Oc4cccc([N+](=O)[O-])c4)cc3C3C(CCCCO)C(CCCCO)C=C(C(=NOC)CC1N(Cc1cccc4ccccc14)C(=O)Oc1ccc([N+](=O)[O-])cc1)C32. The zero-order chi connectivity index (χ0) is 47.8. The van der Waals surface area contributed by atoms with Crippen molar-refractivity contribution in [3.63, 3.8) is 0 Å². The third-order valence-corrected chi connectivity index (χ3v) is 13.2. The second-order valence-electron chi connectivity index (χ2n) is 17.2. The van der Waals surface area contributed by atoms with Gasteiger partial charge in [-0.05, 0) is 95.8 Å². The molecule has 0 bridgehead atoms. The van der Waals surface area contributed by atoms with Crippen LogP contribution in [0.25, 0.3) is 10.8 Å². The summed E-state index contributed by atoms with van der Waals surface area (Å²) in [4.78, 5) is 44.6. The van der Waals surface area contributed by atoms with Crippen molar-refractivity contribution in [3.05, 3.63) is 165 Å². The van der Waals surface area contributed by atoms with Gasteiger partial charge in [-0.15, -0.1) is 6.58 Å². The summed E-state index contributed by atoms with van der Waals surface area (Å²) >= 11 is 0. The number of amides is 1. The number of hydrogen-bond acceptors (Lipinski definition) is 13. The van der Waals surface area contributed by atoms with Crippen molar-refractivity contribution in [1.82, 2.24) is 4.90 Å². The molecule has 2 N–H and O–H groups in total. The lowest BCUT2D eigenvalue weighted by Crippen LogP contribution is -2.70. The highest BCUT2D eigenvalue weighted by Crippen LogP contribution is 2.62. The molecule has 1 heterocycles. The molecule has 6 atom stereocenters. The number of aliphatic hydroxyl groups excluding tert-OH is 2. The van der Waals surface area contributed by atoms with Gasteiger partial charge in [0.25, 0.3) is 11.4 Å². The number of fused-ring (bicyclic) bond motifs is 3. The van der Waals surface area contributed by atoms with E-state index in [-0.39, 0.29) is 67.5 Å². The summed E-state index contributed by atoms with van der Waals surface area (Å²) in [5.74, 6) is -1.60. The maximum atomic E-state index is 15.2. The molecule has 8 rings (SSSR count). The van der Waals surface area contributed by atoms with Crippen LogP contribution in [-0.2, 0) is 16.1 Å². The Morgan fingerprint density at radius 3 is 2.31 bits per heavy atom. The third kappa shape index (κ3) is 9.79. The van der Waals surface area contributed by atoms with E-state index in [0.29, 0.717) is 42.9 Å². The van der Waals surface area contributed by atoms with Crippen LogP contribution in [0.3, 0.4) is 0 Å². The number of nitro groups is 2. The largest absolute Gasteiger partial charge is 0.459 e. The van der Waals surface area contributed by atoms with Crippen molar-refractivity contribution < 1.29 is 48.6 Å². The van der Waals surface area contributed by atoms with Crippen molar-refractivity contribution in [2.24, 2.45) is 22.9 Å². The monoisotopic (exact) mass is 926 g/mol. The lowest BCUT2D eigenvalue weighted by molar-refractivity contribution is -0.385. The van der Waals surface area contributed by atoms with E-state index in [4.69, 9.17) is 23.8 Å². The number of nitro benzene ring substituents is 2. The summed E-state index contributed by atoms with van der Waals surface area (Å²) in [6.07, 6.45) is 7.19. The van der Waals surface area contributed by atoms with Crippen LogP contribution in [0.1, 0.15) is 62.0 Å². The number of oxime groups is 1. The van der Waals surface area contributed by atoms with E-state index in [1.165, 1.54) is 43.5 Å². The highest BCUT2D eigenvalue weighted by Gasteiger charge is 2.66. The fourth-order valence-electron chi connectivity index (χ4n) is 10.3. The van der Waals surface area contributed by atoms with Gasteiger partial charge in [-0.3, -0.25) is 25.1 Å². The number of allylic oxidation sites excluding steroid dienone is 1. The van der Waals surface area contributed by atoms with Gasteiger partial charge in [-0.1, -0.05) is 78.7 Å². The van der Waals surface area contributed by atoms with Crippen molar-refractivity contribution in [1.29, 1.82) is 0 Å². The fourth-order valence-corrected chi connectivity index (χ4v) is 10.3. The Morgan fingerprint density at radius 1 is 0.868 bits per heavy atom. The molecule has 3 aliphatic rings. The van der Waals surface area contributed by atoms with Crippen LogP contribution in [0.5, 0.6) is 23.0 Å². The minimum absolute atomic E-state index is 0.0110. The second-order valence-corrected chi connectivity index (χ2v) is 17.2. The number of unbranched alkanes of at least 4 members (excludes halogenated alkanes) is 2. The number of nitrogens with zero attached hydrogens (tertiary/aromatic N) is 4. The fraction of sp³-hybridized carbons (Fsp3) is 0.346. The summed E-state index contributed by atoms with van der Waals surface area (Å²) in [6, 6.07) is 29.4. The van der Waals surface area contributed by atoms with Crippen LogP contribution in [0.4, 0.5) is 16.2 Å². The van der Waals surface area contributed by atoms with Gasteiger partial charge in [-0.25, -0.2) is 4.79 Å². The molecule has 5 aromatic rings. The maximum absolute atomic E-state index is 15.2. The highest BCUT2D eigenvalue weighted by molar-refractivity contribution is 6.03. The summed E-state index contributed by atoms with van der Waals surface area (Å²) < 4.78 is 26.9. The molecular weight excluding hydrogens is 873 g/mol. The summed E-state index contributed by atoms with van der Waals surface area (Å²) in [6.45, 7) is 4.10. The molecule has 1 fully saturated rings. The van der Waals surface area contributed by atoms with Gasteiger partial charge in [0, 0.05) is 49.3 Å². The van der Waals surface area contributed by atoms with Gasteiger partial charge in [-0.2, -0.15) is 0 Å². The molecule has 1 aliphatic heterocycles. The molecule has 2 aliphatic carbocycles. The number of rotatable bonds is 20. The summed E-state index contributed by atoms with van der Waals surface area (Å²) in [7, 11) is 1.47. The number of non-ortho nitro benzene ring substituents is 2. The molecule has 1 saturated carbocycles. The third-order valence-electron chi connectivity index (χ3n) is 13.2. The minimum atomic E-state index is -1.64. The highest BCUT2D eigenvalue weighted by atomic mass is 16.7. The Kier molecular flexibility index (Phi) is 14.8. The predicted octanol–water partition coefficient (Wildman–Crippen LogP) is 10.4. The smallest absolute Gasteiger partial charge is 0.416 e. The number of ether oxygens (including phenoxy) is 4. The molecule has 0 saturated heterocycles. The second kappa shape index (κ2) is 21.2. The molecule has 0 aromatic heterocycles. The average molecular weight is 927 g/mol. The zero-order valence-corrected chi connectivity index (χ0v) is 37.7. The van der Waals surface area contributed by atoms with Gasteiger partial charge in [0.05, 0.1) is 40.7 Å². The van der Waals surface area contributed by atoms with Crippen molar-refractivity contribution in [2.45, 2.75) is 69.2 Å². The zero-order valence-electron chi connectivity index (χ0n) is 37.7. The first kappa shape index (κ1) is 47.4. The van der Waals surface area contributed by atoms with Crippen molar-refractivity contribution in [3.8, 4) is 23.0 Å². The number of hydrogen-bond donors (Lipinski definition) is 2. The van der Waals surface area contributed by atoms with E-state index in [1.807, 2.05) is 48.5 Å². The van der Waals surface area contributed by atoms with E-state index in [0.717, 1.165) is 40.3 Å². The van der Waals surface area contributed by atoms with Gasteiger partial charge >= 0.3 is 6.09 Å². The Morgan fingerprint density at radius 2 is 1.57 bits per heavy atom. The average Bonchev–Trinajstić information content (AvgIpc) is 3.34. The van der Waals surface area contributed by atoms with Crippen LogP contribution in [-0.4, -0.2) is 75.5 Å². The summed E-state index contributed by atoms with van der Waals surface area (Å²) in [5, 5.41) is 49.7. The van der Waals surface area contributed by atoms with Crippen molar-refractivity contribution >= 4 is 34.0 Å². The normalized spacial score (nSPS) is 22.0. The maximum Gasteiger partial charge on any atom is 0.416 e. The van der Waals surface area contributed by atoms with E-state index >= 15 is 4.79 Å². The first-order valence-corrected chi connectivity index (χ1v) is 22.8. The van der Waals surface area contributed by atoms with Crippen LogP contribution in [0.15, 0.2) is 139 Å². The van der Waals surface area contributed by atoms with Crippen LogP contribution >= 0.6 is 0 Å². The standard InChI is InChI=1S/C52H54N4O12/c1-3-28-65-52-48(54(33-36-15-10-14-34-12-4-5-18-42(34)36)51(59)67-39-22-20-37(21-23-39)55(60)61)32-46(53-64-2)44-29-35(13-6-8-26-57)43(19-7-9-27-58)49(50(44)52)45-31-41(24-25-47(45)68-52)66-40-17-11-16-38(30-40)56(62)63/h3-5,10-12,14-18,20-25,29-31,35,43,48-50,57-58H,1,6-9,13,19,26-28,32-33H2,2H3. The molecule has 6 unspecified atom stereocenters. The minimum Gasteiger partial charge on any atom is -0.459 e. The summed E-state index contributed by atoms with van der Waals surface area (Å²) in [5.41, 5.74) is 2.68. The lowest BCUT2D eigenvalue weighted by Gasteiger charge is -2.59. The van der Waals surface area contributed by atoms with Crippen LogP contribution < -0.4 is 14.2 Å². The topological polar surface area (TPSA) is 206 Å². The number of carbonyl (C=O) groups is 1. The molecule has 0 radical (unpaired) electrons. The van der Waals surface area contributed by atoms with E-state index in [1.54, 1.807) is 35.2 Å². The molecule has 16 nitrogen and oxygen atoms in total. The predicted molar refractivity (Wildman–Crippen MR) is 254 cm³/mol. The first-order valence-electron chi connectivity index (χ1n) is 22.8. The van der Waals surface area contributed by atoms with Gasteiger partial charge < -0.3 is 34.0 Å². The molecule has 354 valence electrons. The van der Waals surface area contributed by atoms with Crippen molar-refractivity contribution in [2.75, 3.05) is 26.9 Å². The van der Waals surface area contributed by atoms with Gasteiger partial charge in [0.15, 0.2) is 0 Å². The number of carbonyl (C=O) groups excluding carboxylic acids is 1. The number of benzene rings is 5. The van der Waals surface area contributed by atoms with E-state index in [9.17, 15) is 30.4 Å². The number of aliphatic hydroxyl groups is 2. The Labute approximate surface area is 393 Å². The quantitative estimate of drug-likeness (QED) is 0.0324. The van der Waals surface area contributed by atoms with Crippen LogP contribution in [0, 0.1) is 38.0 Å². The molecule has 68 heavy (non-hydrogen) atoms. The van der Waals surface area contributed by atoms with E-state index in [2.05, 4.69) is 17.8 Å². The first-order chi connectivity index (χ1) is 33.1. The van der Waals surface area contributed by atoms with Gasteiger partial charge in [0.2, 0.25) is 5.79 Å². The molecular formula is C52H54N4O12. The molecule has 1 amide bonds. The molecule has 5 aromatic carbocycles. The van der Waals surface area contributed by atoms with Gasteiger partial charge in [0.1, 0.15) is 36.1 Å².